The Balaban J connectivity index is 1.76. The lowest BCUT2D eigenvalue weighted by Gasteiger charge is -2.48. The Bertz CT molecular complexity index is 1300. The van der Waals surface area contributed by atoms with Gasteiger partial charge in [0.25, 0.3) is 0 Å². The van der Waals surface area contributed by atoms with Gasteiger partial charge in [-0.3, -0.25) is 0 Å². The number of hydrogen-bond donors (Lipinski definition) is 3. The molecule has 6 rings (SSSR count). The number of aromatic carboxylic acids is 1. The van der Waals surface area contributed by atoms with Crippen molar-refractivity contribution in [1.82, 2.24) is 0 Å². The second-order valence-electron chi connectivity index (χ2n) is 9.24. The van der Waals surface area contributed by atoms with Gasteiger partial charge in [0, 0.05) is 16.7 Å². The van der Waals surface area contributed by atoms with E-state index >= 15 is 0 Å². The van der Waals surface area contributed by atoms with Crippen molar-refractivity contribution in [3.05, 3.63) is 82.4 Å². The lowest BCUT2D eigenvalue weighted by Crippen LogP contribution is -2.67. The molecule has 33 heavy (non-hydrogen) atoms. The highest BCUT2D eigenvalue weighted by Gasteiger charge is 2.58. The molecule has 0 radical (unpaired) electrons. The Labute approximate surface area is 191 Å². The number of hydrogen-bond acceptors (Lipinski definition) is 5. The van der Waals surface area contributed by atoms with E-state index in [9.17, 15) is 24.9 Å². The van der Waals surface area contributed by atoms with E-state index in [1.54, 1.807) is 24.3 Å². The summed E-state index contributed by atoms with van der Waals surface area (Å²) in [6, 6.07) is 16.8. The molecule has 3 aromatic carbocycles. The van der Waals surface area contributed by atoms with Crippen LogP contribution in [0.4, 0.5) is 0 Å². The predicted molar refractivity (Wildman–Crippen MR) is 123 cm³/mol. The second kappa shape index (κ2) is 6.71. The molecule has 0 aliphatic carbocycles. The van der Waals surface area contributed by atoms with Crippen LogP contribution in [0.25, 0.3) is 0 Å². The number of phenolic OH excluding ortho intramolecular Hbond substituents is 2. The van der Waals surface area contributed by atoms with Crippen LogP contribution in [-0.2, 0) is 10.3 Å². The summed E-state index contributed by atoms with van der Waals surface area (Å²) in [5.41, 5.74) is 1.16. The zero-order valence-electron chi connectivity index (χ0n) is 17.8. The lowest BCUT2D eigenvalue weighted by atomic mass is 9.78. The van der Waals surface area contributed by atoms with Gasteiger partial charge in [0.15, 0.2) is 5.60 Å². The number of ether oxygens (including phenoxy) is 1. The molecule has 0 atom stereocenters. The summed E-state index contributed by atoms with van der Waals surface area (Å²) in [6.07, 6.45) is 3.26. The first-order chi connectivity index (χ1) is 15.9. The zero-order chi connectivity index (χ0) is 23.0. The normalized spacial score (nSPS) is 19.0. The molecular formula is C26H22O6Si. The van der Waals surface area contributed by atoms with Crippen LogP contribution in [-0.4, -0.2) is 35.3 Å². The number of benzene rings is 3. The summed E-state index contributed by atoms with van der Waals surface area (Å²) in [5.74, 6) is -1.30. The predicted octanol–water partition coefficient (Wildman–Crippen LogP) is 3.32. The van der Waals surface area contributed by atoms with Crippen molar-refractivity contribution in [2.24, 2.45) is 0 Å². The molecule has 3 aliphatic heterocycles. The first-order valence-corrected chi connectivity index (χ1v) is 13.6. The average Bonchev–Trinajstić information content (AvgIpc) is 3.11. The fraction of sp³-hybridized carbons (Fsp3) is 0.231. The number of esters is 1. The van der Waals surface area contributed by atoms with Gasteiger partial charge < -0.3 is 20.1 Å². The lowest BCUT2D eigenvalue weighted by molar-refractivity contribution is 0.0255. The third-order valence-electron chi connectivity index (χ3n) is 7.61. The number of carboxylic acid groups (broad SMARTS) is 1. The summed E-state index contributed by atoms with van der Waals surface area (Å²) in [5, 5.41) is 32.6. The van der Waals surface area contributed by atoms with Gasteiger partial charge in [0.2, 0.25) is 0 Å². The highest BCUT2D eigenvalue weighted by atomic mass is 28.3. The maximum absolute atomic E-state index is 13.1. The van der Waals surface area contributed by atoms with Crippen molar-refractivity contribution in [3.63, 3.8) is 0 Å². The number of aromatic hydroxyl groups is 2. The summed E-state index contributed by atoms with van der Waals surface area (Å²) in [4.78, 5) is 24.9. The number of carbonyl (C=O) groups excluding carboxylic acids is 1. The summed E-state index contributed by atoms with van der Waals surface area (Å²) in [7, 11) is -2.37. The Kier molecular flexibility index (Phi) is 4.08. The van der Waals surface area contributed by atoms with Gasteiger partial charge in [-0.15, -0.1) is 0 Å². The van der Waals surface area contributed by atoms with Gasteiger partial charge in [-0.25, -0.2) is 9.59 Å². The maximum Gasteiger partial charge on any atom is 0.340 e. The zero-order valence-corrected chi connectivity index (χ0v) is 18.8. The van der Waals surface area contributed by atoms with Crippen LogP contribution in [0.2, 0.25) is 12.1 Å². The molecule has 3 aliphatic rings. The van der Waals surface area contributed by atoms with Gasteiger partial charge in [-0.05, 0) is 64.9 Å². The molecule has 166 valence electrons. The van der Waals surface area contributed by atoms with Gasteiger partial charge in [-0.2, -0.15) is 0 Å². The van der Waals surface area contributed by atoms with E-state index in [1.807, 2.05) is 12.1 Å². The maximum atomic E-state index is 13.1. The Morgan fingerprint density at radius 1 is 0.818 bits per heavy atom. The number of fused-ring (bicyclic) bond motifs is 8. The van der Waals surface area contributed by atoms with Crippen LogP contribution in [0.15, 0.2) is 54.6 Å². The van der Waals surface area contributed by atoms with Crippen molar-refractivity contribution < 1.29 is 29.6 Å². The van der Waals surface area contributed by atoms with Crippen LogP contribution in [0.1, 0.15) is 56.7 Å². The monoisotopic (exact) mass is 458 g/mol. The van der Waals surface area contributed by atoms with E-state index in [4.69, 9.17) is 4.74 Å². The van der Waals surface area contributed by atoms with E-state index in [2.05, 4.69) is 0 Å². The highest BCUT2D eigenvalue weighted by molar-refractivity contribution is 7.03. The smallest absolute Gasteiger partial charge is 0.340 e. The summed E-state index contributed by atoms with van der Waals surface area (Å²) in [6.45, 7) is 0. The average molecular weight is 459 g/mol. The molecule has 7 heteroatoms. The molecule has 0 amide bonds. The van der Waals surface area contributed by atoms with Crippen LogP contribution >= 0.6 is 0 Å². The molecule has 3 N–H and O–H groups in total. The Hall–Kier alpha value is -3.58. The van der Waals surface area contributed by atoms with Crippen LogP contribution in [0.5, 0.6) is 11.5 Å². The standard InChI is InChI=1S/C26H22O6Si/c27-16-5-8-19-22(13-16)33(10-2-1-3-11-33)23-14-17(28)6-9-20(23)26(19)21-12-15(24(29)30)4-7-18(21)25(31)32-26/h4-9,12-14,27-28H,1-3,10-11H2,(H,29,30). The molecular weight excluding hydrogens is 436 g/mol. The SMILES string of the molecule is O=C(O)c1ccc2c(c1)C1(OC2=O)c2ccc(O)cc2[Si]2(CCCCC2)c2cc(O)ccc21. The largest absolute Gasteiger partial charge is 0.508 e. The molecule has 0 unspecified atom stereocenters. The number of phenols is 2. The van der Waals surface area contributed by atoms with Gasteiger partial charge in [-0.1, -0.05) is 31.4 Å². The first kappa shape index (κ1) is 20.1. The van der Waals surface area contributed by atoms with Crippen LogP contribution < -0.4 is 10.4 Å². The number of rotatable bonds is 1. The molecule has 0 bridgehead atoms. The van der Waals surface area contributed by atoms with Crippen LogP contribution in [0, 0.1) is 0 Å². The van der Waals surface area contributed by atoms with Crippen molar-refractivity contribution in [2.75, 3.05) is 0 Å². The topological polar surface area (TPSA) is 104 Å². The van der Waals surface area contributed by atoms with Crippen LogP contribution in [0.3, 0.4) is 0 Å². The van der Waals surface area contributed by atoms with E-state index in [-0.39, 0.29) is 17.1 Å². The van der Waals surface area contributed by atoms with E-state index in [1.165, 1.54) is 18.2 Å². The molecule has 3 aromatic rings. The highest BCUT2D eigenvalue weighted by Crippen LogP contribution is 2.51. The summed E-state index contributed by atoms with van der Waals surface area (Å²) < 4.78 is 6.19. The molecule has 0 aromatic heterocycles. The molecule has 1 fully saturated rings. The molecule has 1 saturated heterocycles. The third-order valence-corrected chi connectivity index (χ3v) is 12.9. The second-order valence-corrected chi connectivity index (χ2v) is 13.5. The van der Waals surface area contributed by atoms with Gasteiger partial charge in [0.1, 0.15) is 19.6 Å². The van der Waals surface area contributed by atoms with E-state index in [0.717, 1.165) is 52.9 Å². The fourth-order valence-corrected chi connectivity index (χ4v) is 12.0. The minimum atomic E-state index is -2.37. The van der Waals surface area contributed by atoms with E-state index in [0.29, 0.717) is 11.1 Å². The van der Waals surface area contributed by atoms with Crippen molar-refractivity contribution in [3.8, 4) is 11.5 Å². The molecule has 2 spiro atoms. The Morgan fingerprint density at radius 2 is 1.42 bits per heavy atom. The van der Waals surface area contributed by atoms with E-state index < -0.39 is 25.6 Å². The number of carboxylic acids is 1. The van der Waals surface area contributed by atoms with Crippen molar-refractivity contribution >= 4 is 30.4 Å². The fourth-order valence-electron chi connectivity index (χ4n) is 6.25. The first-order valence-electron chi connectivity index (χ1n) is 11.2. The van der Waals surface area contributed by atoms with Crippen molar-refractivity contribution in [1.29, 1.82) is 0 Å². The molecule has 3 heterocycles. The third kappa shape index (κ3) is 2.54. The molecule has 6 nitrogen and oxygen atoms in total. The minimum Gasteiger partial charge on any atom is -0.508 e. The van der Waals surface area contributed by atoms with Gasteiger partial charge >= 0.3 is 11.9 Å². The van der Waals surface area contributed by atoms with Gasteiger partial charge in [0.05, 0.1) is 11.1 Å². The number of carbonyl (C=O) groups is 2. The molecule has 0 saturated carbocycles. The summed E-state index contributed by atoms with van der Waals surface area (Å²) >= 11 is 0. The quantitative estimate of drug-likeness (QED) is 0.382. The van der Waals surface area contributed by atoms with Crippen molar-refractivity contribution in [2.45, 2.75) is 37.0 Å². The Morgan fingerprint density at radius 3 is 2.00 bits per heavy atom. The minimum absolute atomic E-state index is 0.0716.